The Hall–Kier alpha value is -1.29. The smallest absolute Gasteiger partial charge is 0.150 e. The summed E-state index contributed by atoms with van der Waals surface area (Å²) < 4.78 is 8.31. The van der Waals surface area contributed by atoms with Gasteiger partial charge in [0, 0.05) is 17.8 Å². The topological polar surface area (TPSA) is 31.0 Å². The summed E-state index contributed by atoms with van der Waals surface area (Å²) in [5, 5.41) is 6.68. The van der Waals surface area contributed by atoms with Gasteiger partial charge in [-0.05, 0) is 35.0 Å². The van der Waals surface area contributed by atoms with Gasteiger partial charge in [-0.15, -0.1) is 0 Å². The number of furan rings is 1. The van der Waals surface area contributed by atoms with Crippen molar-refractivity contribution >= 4 is 37.8 Å². The lowest BCUT2D eigenvalue weighted by molar-refractivity contribution is 0.614. The molecule has 0 amide bonds. The molecule has 2 aromatic heterocycles. The monoisotopic (exact) mass is 264 g/mol. The van der Waals surface area contributed by atoms with Gasteiger partial charge in [-0.25, -0.2) is 0 Å². The van der Waals surface area contributed by atoms with Crippen LogP contribution in [-0.2, 0) is 7.05 Å². The van der Waals surface area contributed by atoms with E-state index in [-0.39, 0.29) is 0 Å². The Labute approximate surface area is 94.8 Å². The second kappa shape index (κ2) is 2.85. The summed E-state index contributed by atoms with van der Waals surface area (Å²) in [6.07, 6.45) is 1.71. The van der Waals surface area contributed by atoms with E-state index in [1.807, 2.05) is 24.7 Å². The molecule has 0 aliphatic carbocycles. The van der Waals surface area contributed by atoms with Gasteiger partial charge in [-0.1, -0.05) is 0 Å². The highest BCUT2D eigenvalue weighted by Gasteiger charge is 2.13. The van der Waals surface area contributed by atoms with Crippen LogP contribution in [0.2, 0.25) is 0 Å². The van der Waals surface area contributed by atoms with E-state index < -0.39 is 0 Å². The van der Waals surface area contributed by atoms with Crippen molar-refractivity contribution in [2.75, 3.05) is 0 Å². The van der Waals surface area contributed by atoms with Crippen molar-refractivity contribution in [3.63, 3.8) is 0 Å². The quantitative estimate of drug-likeness (QED) is 0.623. The van der Waals surface area contributed by atoms with E-state index in [0.29, 0.717) is 0 Å². The van der Waals surface area contributed by atoms with Crippen molar-refractivity contribution in [2.24, 2.45) is 7.05 Å². The van der Waals surface area contributed by atoms with E-state index in [4.69, 9.17) is 4.42 Å². The van der Waals surface area contributed by atoms with Crippen molar-refractivity contribution in [3.8, 4) is 0 Å². The highest BCUT2D eigenvalue weighted by Crippen LogP contribution is 2.33. The van der Waals surface area contributed by atoms with Gasteiger partial charge < -0.3 is 4.42 Å². The predicted octanol–water partition coefficient (Wildman–Crippen LogP) is 3.39. The lowest BCUT2D eigenvalue weighted by atomic mass is 10.1. The minimum absolute atomic E-state index is 0.880. The van der Waals surface area contributed by atoms with Crippen LogP contribution in [0.15, 0.2) is 27.3 Å². The molecular weight excluding hydrogens is 256 g/mol. The molecule has 4 heteroatoms. The van der Waals surface area contributed by atoms with E-state index >= 15 is 0 Å². The van der Waals surface area contributed by atoms with Gasteiger partial charge in [0.05, 0.1) is 21.9 Å². The Morgan fingerprint density at radius 2 is 2.20 bits per heavy atom. The standard InChI is InChI=1S/C11H9BrN2O/c1-6-8-5-9(12)11-7(3-4-15-11)10(8)14(2)13-6/h3-5H,1-2H3. The molecule has 3 rings (SSSR count). The average molecular weight is 265 g/mol. The second-order valence-corrected chi connectivity index (χ2v) is 4.48. The number of hydrogen-bond acceptors (Lipinski definition) is 2. The van der Waals surface area contributed by atoms with Gasteiger partial charge in [0.15, 0.2) is 0 Å². The number of aromatic nitrogens is 2. The summed E-state index contributed by atoms with van der Waals surface area (Å²) >= 11 is 3.51. The summed E-state index contributed by atoms with van der Waals surface area (Å²) in [6, 6.07) is 4.03. The van der Waals surface area contributed by atoms with Crippen LogP contribution in [0.5, 0.6) is 0 Å². The largest absolute Gasteiger partial charge is 0.463 e. The van der Waals surface area contributed by atoms with Crippen LogP contribution < -0.4 is 0 Å². The molecule has 0 spiro atoms. The molecule has 2 heterocycles. The molecule has 0 saturated heterocycles. The molecule has 0 N–H and O–H groups in total. The SMILES string of the molecule is Cc1nn(C)c2c1cc(Br)c1occc12. The molecule has 0 fully saturated rings. The van der Waals surface area contributed by atoms with Crippen molar-refractivity contribution in [3.05, 3.63) is 28.6 Å². The highest BCUT2D eigenvalue weighted by atomic mass is 79.9. The van der Waals surface area contributed by atoms with E-state index in [1.165, 1.54) is 5.39 Å². The molecule has 3 nitrogen and oxygen atoms in total. The molecular formula is C11H9BrN2O. The fourth-order valence-electron chi connectivity index (χ4n) is 2.04. The molecule has 0 unspecified atom stereocenters. The second-order valence-electron chi connectivity index (χ2n) is 3.63. The molecule has 76 valence electrons. The van der Waals surface area contributed by atoms with Crippen molar-refractivity contribution < 1.29 is 4.42 Å². The third-order valence-corrected chi connectivity index (χ3v) is 3.27. The third kappa shape index (κ3) is 1.08. The van der Waals surface area contributed by atoms with Gasteiger partial charge in [0.25, 0.3) is 0 Å². The maximum absolute atomic E-state index is 5.43. The van der Waals surface area contributed by atoms with E-state index in [1.54, 1.807) is 6.26 Å². The van der Waals surface area contributed by atoms with Crippen LogP contribution in [0, 0.1) is 6.92 Å². The number of halogens is 1. The number of hydrogen-bond donors (Lipinski definition) is 0. The number of rotatable bonds is 0. The van der Waals surface area contributed by atoms with Gasteiger partial charge in [-0.2, -0.15) is 5.10 Å². The van der Waals surface area contributed by atoms with Gasteiger partial charge in [0.1, 0.15) is 5.58 Å². The zero-order valence-corrected chi connectivity index (χ0v) is 10.00. The first-order chi connectivity index (χ1) is 7.18. The van der Waals surface area contributed by atoms with Crippen molar-refractivity contribution in [2.45, 2.75) is 6.92 Å². The van der Waals surface area contributed by atoms with E-state index in [0.717, 1.165) is 26.7 Å². The summed E-state index contributed by atoms with van der Waals surface area (Å²) in [6.45, 7) is 2.01. The summed E-state index contributed by atoms with van der Waals surface area (Å²) in [4.78, 5) is 0. The molecule has 0 aliphatic heterocycles. The van der Waals surface area contributed by atoms with E-state index in [9.17, 15) is 0 Å². The minimum Gasteiger partial charge on any atom is -0.463 e. The summed E-state index contributed by atoms with van der Waals surface area (Å²) in [7, 11) is 1.95. The minimum atomic E-state index is 0.880. The maximum Gasteiger partial charge on any atom is 0.150 e. The van der Waals surface area contributed by atoms with Crippen LogP contribution in [0.1, 0.15) is 5.69 Å². The Balaban J connectivity index is 2.69. The molecule has 15 heavy (non-hydrogen) atoms. The molecule has 3 aromatic rings. The fraction of sp³-hybridized carbons (Fsp3) is 0.182. The number of benzene rings is 1. The molecule has 0 atom stereocenters. The van der Waals surface area contributed by atoms with E-state index in [2.05, 4.69) is 27.1 Å². The fourth-order valence-corrected chi connectivity index (χ4v) is 2.58. The lowest BCUT2D eigenvalue weighted by Gasteiger charge is -1.98. The Kier molecular flexibility index (Phi) is 1.71. The van der Waals surface area contributed by atoms with Crippen LogP contribution in [-0.4, -0.2) is 9.78 Å². The Bertz CT molecular complexity index is 666. The Morgan fingerprint density at radius 3 is 3.00 bits per heavy atom. The van der Waals surface area contributed by atoms with Gasteiger partial charge >= 0.3 is 0 Å². The summed E-state index contributed by atoms with van der Waals surface area (Å²) in [5.41, 5.74) is 3.04. The van der Waals surface area contributed by atoms with Gasteiger partial charge in [-0.3, -0.25) is 4.68 Å². The first kappa shape index (κ1) is 8.97. The first-order valence-corrected chi connectivity index (χ1v) is 5.47. The van der Waals surface area contributed by atoms with Crippen LogP contribution in [0.4, 0.5) is 0 Å². The lowest BCUT2D eigenvalue weighted by Crippen LogP contribution is -1.89. The molecule has 0 saturated carbocycles. The third-order valence-electron chi connectivity index (χ3n) is 2.68. The van der Waals surface area contributed by atoms with Crippen LogP contribution >= 0.6 is 15.9 Å². The average Bonchev–Trinajstić information content (AvgIpc) is 2.73. The van der Waals surface area contributed by atoms with Crippen molar-refractivity contribution in [1.82, 2.24) is 9.78 Å². The molecule has 1 aromatic carbocycles. The summed E-state index contributed by atoms with van der Waals surface area (Å²) in [5.74, 6) is 0. The Morgan fingerprint density at radius 1 is 1.40 bits per heavy atom. The van der Waals surface area contributed by atoms with Gasteiger partial charge in [0.2, 0.25) is 0 Å². The predicted molar refractivity (Wildman–Crippen MR) is 62.9 cm³/mol. The zero-order valence-electron chi connectivity index (χ0n) is 8.41. The molecule has 0 bridgehead atoms. The van der Waals surface area contributed by atoms with Crippen LogP contribution in [0.3, 0.4) is 0 Å². The first-order valence-electron chi connectivity index (χ1n) is 4.67. The van der Waals surface area contributed by atoms with Crippen LogP contribution in [0.25, 0.3) is 21.9 Å². The maximum atomic E-state index is 5.43. The number of fused-ring (bicyclic) bond motifs is 3. The van der Waals surface area contributed by atoms with Crippen molar-refractivity contribution in [1.29, 1.82) is 0 Å². The molecule has 0 aliphatic rings. The highest BCUT2D eigenvalue weighted by molar-refractivity contribution is 9.10. The molecule has 0 radical (unpaired) electrons. The number of aryl methyl sites for hydroxylation is 2. The normalized spacial score (nSPS) is 11.7. The zero-order chi connectivity index (χ0) is 10.6. The number of nitrogens with zero attached hydrogens (tertiary/aromatic N) is 2.